The first-order valence-corrected chi connectivity index (χ1v) is 8.68. The SMILES string of the molecule is Nc1c(N)c2c(N)c3nc(cc4ccc(cc5nc(cc1n2N)C=C5)[nH]4)C=C3.[Co]. The van der Waals surface area contributed by atoms with Crippen LogP contribution in [-0.2, 0) is 16.8 Å². The van der Waals surface area contributed by atoms with Crippen LogP contribution in [0.3, 0.4) is 0 Å². The van der Waals surface area contributed by atoms with E-state index in [1.807, 2.05) is 48.6 Å². The molecular weight excluding hydrogens is 411 g/mol. The van der Waals surface area contributed by atoms with Gasteiger partial charge in [-0.05, 0) is 54.6 Å². The molecule has 0 aliphatic carbocycles. The largest absolute Gasteiger partial charge is 0.395 e. The van der Waals surface area contributed by atoms with Crippen molar-refractivity contribution in [2.24, 2.45) is 0 Å². The van der Waals surface area contributed by atoms with Gasteiger partial charge in [-0.1, -0.05) is 0 Å². The van der Waals surface area contributed by atoms with Crippen molar-refractivity contribution < 1.29 is 16.8 Å². The molecule has 3 aromatic heterocycles. The number of nitrogens with two attached hydrogens (primary N) is 4. The summed E-state index contributed by atoms with van der Waals surface area (Å²) in [5.74, 6) is 6.29. The second-order valence-corrected chi connectivity index (χ2v) is 6.70. The summed E-state index contributed by atoms with van der Waals surface area (Å²) in [6.07, 6.45) is 7.51. The fourth-order valence-corrected chi connectivity index (χ4v) is 3.41. The molecule has 0 saturated heterocycles. The Hall–Kier alpha value is -3.69. The normalized spacial score (nSPS) is 12.1. The zero-order valence-electron chi connectivity index (χ0n) is 15.2. The van der Waals surface area contributed by atoms with E-state index in [-0.39, 0.29) is 16.8 Å². The maximum absolute atomic E-state index is 6.36. The zero-order valence-corrected chi connectivity index (χ0v) is 16.2. The molecule has 0 atom stereocenters. The molecule has 9 N–H and O–H groups in total. The zero-order chi connectivity index (χ0) is 19.4. The first-order valence-electron chi connectivity index (χ1n) is 8.68. The molecule has 0 amide bonds. The summed E-state index contributed by atoms with van der Waals surface area (Å²) in [7, 11) is 0. The van der Waals surface area contributed by atoms with E-state index in [9.17, 15) is 0 Å². The Labute approximate surface area is 176 Å². The number of hydrogen-bond acceptors (Lipinski definition) is 6. The molecule has 2 aliphatic heterocycles. The van der Waals surface area contributed by atoms with Crippen LogP contribution in [-0.4, -0.2) is 19.6 Å². The van der Waals surface area contributed by atoms with Gasteiger partial charge in [-0.3, -0.25) is 4.68 Å². The van der Waals surface area contributed by atoms with Crippen LogP contribution in [0.4, 0.5) is 17.1 Å². The number of H-pyrrole nitrogens is 1. The summed E-state index contributed by atoms with van der Waals surface area (Å²) >= 11 is 0. The van der Waals surface area contributed by atoms with Gasteiger partial charge in [0.2, 0.25) is 0 Å². The molecule has 0 aromatic carbocycles. The average Bonchev–Trinajstić information content (AvgIpc) is 3.43. The number of nitrogens with one attached hydrogen (secondary N) is 1. The molecule has 8 bridgehead atoms. The first kappa shape index (κ1) is 18.7. The van der Waals surface area contributed by atoms with Crippen molar-refractivity contribution in [2.75, 3.05) is 23.0 Å². The van der Waals surface area contributed by atoms with E-state index in [0.29, 0.717) is 39.5 Å². The van der Waals surface area contributed by atoms with Crippen molar-refractivity contribution in [2.45, 2.75) is 0 Å². The van der Waals surface area contributed by atoms with Crippen molar-refractivity contribution in [1.29, 1.82) is 0 Å². The molecule has 3 aromatic rings. The Morgan fingerprint density at radius 1 is 0.724 bits per heavy atom. The van der Waals surface area contributed by atoms with Crippen molar-refractivity contribution >= 4 is 63.4 Å². The molecule has 0 fully saturated rings. The van der Waals surface area contributed by atoms with Crippen LogP contribution in [0.1, 0.15) is 22.8 Å². The summed E-state index contributed by atoms with van der Waals surface area (Å²) in [5.41, 5.74) is 25.5. The van der Waals surface area contributed by atoms with Gasteiger partial charge in [0.25, 0.3) is 0 Å². The Kier molecular flexibility index (Phi) is 4.33. The van der Waals surface area contributed by atoms with Gasteiger partial charge in [-0.2, -0.15) is 0 Å². The number of fused-ring (bicyclic) bond motifs is 8. The van der Waals surface area contributed by atoms with E-state index in [2.05, 4.69) is 15.0 Å². The van der Waals surface area contributed by atoms with Crippen molar-refractivity contribution in [1.82, 2.24) is 19.6 Å². The predicted molar refractivity (Wildman–Crippen MR) is 116 cm³/mol. The van der Waals surface area contributed by atoms with Gasteiger partial charge in [-0.25, -0.2) is 9.97 Å². The third kappa shape index (κ3) is 3.02. The second-order valence-electron chi connectivity index (χ2n) is 6.70. The van der Waals surface area contributed by atoms with E-state index in [0.717, 1.165) is 22.4 Å². The Bertz CT molecular complexity index is 1360. The van der Waals surface area contributed by atoms with Gasteiger partial charge in [0.15, 0.2) is 0 Å². The van der Waals surface area contributed by atoms with Crippen LogP contribution in [0.5, 0.6) is 0 Å². The average molecular weight is 429 g/mol. The van der Waals surface area contributed by atoms with E-state index < -0.39 is 0 Å². The summed E-state index contributed by atoms with van der Waals surface area (Å²) in [5, 5.41) is 0. The Morgan fingerprint density at radius 3 is 2.00 bits per heavy atom. The third-order valence-electron chi connectivity index (χ3n) is 4.82. The molecule has 147 valence electrons. The van der Waals surface area contributed by atoms with Gasteiger partial charge in [0.1, 0.15) is 5.52 Å². The van der Waals surface area contributed by atoms with E-state index in [1.165, 1.54) is 4.68 Å². The number of anilines is 3. The maximum Gasteiger partial charge on any atom is 0.113 e. The summed E-state index contributed by atoms with van der Waals surface area (Å²) in [4.78, 5) is 12.5. The summed E-state index contributed by atoms with van der Waals surface area (Å²) < 4.78 is 1.39. The van der Waals surface area contributed by atoms with Crippen LogP contribution < -0.4 is 23.0 Å². The minimum Gasteiger partial charge on any atom is -0.395 e. The molecular formula is C20H18CoN8. The molecule has 5 rings (SSSR count). The minimum atomic E-state index is 0. The van der Waals surface area contributed by atoms with Gasteiger partial charge in [0.05, 0.1) is 45.4 Å². The van der Waals surface area contributed by atoms with Crippen LogP contribution in [0, 0.1) is 0 Å². The molecule has 29 heavy (non-hydrogen) atoms. The number of aromatic nitrogens is 4. The molecule has 0 saturated carbocycles. The van der Waals surface area contributed by atoms with Crippen LogP contribution in [0.25, 0.3) is 46.4 Å². The number of hydrogen-bond donors (Lipinski definition) is 5. The van der Waals surface area contributed by atoms with E-state index in [4.69, 9.17) is 23.0 Å². The van der Waals surface area contributed by atoms with Crippen molar-refractivity contribution in [3.8, 4) is 0 Å². The maximum atomic E-state index is 6.36. The predicted octanol–water partition coefficient (Wildman–Crippen LogP) is 2.59. The van der Waals surface area contributed by atoms with Gasteiger partial charge in [0, 0.05) is 27.8 Å². The smallest absolute Gasteiger partial charge is 0.113 e. The number of rotatable bonds is 0. The minimum absolute atomic E-state index is 0. The van der Waals surface area contributed by atoms with E-state index >= 15 is 0 Å². The Morgan fingerprint density at radius 2 is 1.31 bits per heavy atom. The molecule has 8 nitrogen and oxygen atoms in total. The molecule has 0 unspecified atom stereocenters. The topological polar surface area (TPSA) is 151 Å². The van der Waals surface area contributed by atoms with Crippen molar-refractivity contribution in [3.05, 3.63) is 53.1 Å². The standard InChI is InChI=1S/C20H18N8.Co/c21-17-15-6-5-13(27-15)8-12-2-1-10(25-12)7-11-3-4-14(26-11)9-16-18(22)19(23)20(17)28(16)24;/h1-9,25H,21-24H2;. The van der Waals surface area contributed by atoms with Gasteiger partial charge < -0.3 is 28.0 Å². The fourth-order valence-electron chi connectivity index (χ4n) is 3.41. The van der Waals surface area contributed by atoms with Crippen LogP contribution in [0.2, 0.25) is 0 Å². The molecule has 2 aliphatic rings. The van der Waals surface area contributed by atoms with Crippen LogP contribution >= 0.6 is 0 Å². The summed E-state index contributed by atoms with van der Waals surface area (Å²) in [6.45, 7) is 0. The van der Waals surface area contributed by atoms with E-state index in [1.54, 1.807) is 6.07 Å². The van der Waals surface area contributed by atoms with Gasteiger partial charge >= 0.3 is 0 Å². The molecule has 1 radical (unpaired) electrons. The second kappa shape index (κ2) is 6.73. The molecule has 0 spiro atoms. The van der Waals surface area contributed by atoms with Gasteiger partial charge in [-0.15, -0.1) is 0 Å². The number of nitrogen functional groups attached to an aromatic ring is 4. The summed E-state index contributed by atoms with van der Waals surface area (Å²) in [6, 6.07) is 9.64. The first-order chi connectivity index (χ1) is 13.5. The molecule has 9 heteroatoms. The number of aromatic amines is 1. The monoisotopic (exact) mass is 429 g/mol. The Balaban J connectivity index is 0.00000205. The quantitative estimate of drug-likeness (QED) is 0.239. The number of nitrogens with zero attached hydrogens (tertiary/aromatic N) is 3. The van der Waals surface area contributed by atoms with Crippen molar-refractivity contribution in [3.63, 3.8) is 0 Å². The fraction of sp³-hybridized carbons (Fsp3) is 0. The van der Waals surface area contributed by atoms with Crippen LogP contribution in [0.15, 0.2) is 30.3 Å². The third-order valence-corrected chi connectivity index (χ3v) is 4.82. The molecule has 5 heterocycles.